The van der Waals surface area contributed by atoms with Gasteiger partial charge in [0.25, 0.3) is 0 Å². The Hall–Kier alpha value is 24.5. The predicted molar refractivity (Wildman–Crippen MR) is 474 cm³/mol. The molecule has 0 aromatic rings. The lowest BCUT2D eigenvalue weighted by Gasteiger charge is -2.59. The minimum absolute atomic E-state index is 0.176. The summed E-state index contributed by atoms with van der Waals surface area (Å²) in [6.07, 6.45) is 0. The average molecular weight is 1820 g/mol. The van der Waals surface area contributed by atoms with Crippen LogP contribution in [0.25, 0.3) is 0 Å². The molecule has 0 N–H and O–H groups in total. The SMILES string of the molecule is [PH]PP(P([PH])P)P(P(P)P)P(P(P(P(P)P)P(P)P)P(P(P)P)P(P)P)P(P(P(P(P)P)P(P)P)P(P(P)P)P(P)P)P(P(P(P)P)P(P)P)P(P(P)P)P(P)P. The van der Waals surface area contributed by atoms with Crippen LogP contribution in [0, 0.1) is 0 Å². The first-order valence-electron chi connectivity index (χ1n) is 12.9. The highest BCUT2D eigenvalue weighted by Gasteiger charge is 2.60. The smallest absolute Gasteiger partial charge is 0.0000124 e. The lowest BCUT2D eigenvalue weighted by atomic mass is 28.4. The summed E-state index contributed by atoms with van der Waals surface area (Å²) in [7, 11) is 105. The summed E-state index contributed by atoms with van der Waals surface area (Å²) in [5, 5.41) is 0. The topological polar surface area (TPSA) is 0 Å². The van der Waals surface area contributed by atoms with E-state index in [1.54, 1.807) is 0 Å². The first-order valence-corrected chi connectivity index (χ1v) is 116. The Balaban J connectivity index is 10.3. The first-order chi connectivity index (χ1) is 25.9. The summed E-state index contributed by atoms with van der Waals surface area (Å²) in [4.78, 5) is 0. The fraction of sp³-hybridized carbons (Fsp3) is 0. The maximum absolute atomic E-state index is 4.53. The van der Waals surface area contributed by atoms with E-state index >= 15 is 0 Å². The molecule has 0 saturated carbocycles. The van der Waals surface area contributed by atoms with Gasteiger partial charge in [-0.25, -0.2) is 0 Å². The van der Waals surface area contributed by atoms with E-state index in [4.69, 9.17) is 0 Å². The van der Waals surface area contributed by atoms with Crippen molar-refractivity contribution in [3.8, 4) is 0 Å². The Morgan fingerprint density at radius 2 is 0.333 bits per heavy atom. The molecule has 0 saturated heterocycles. The van der Waals surface area contributed by atoms with E-state index < -0.39 is 0 Å². The molecule has 0 aromatic heterocycles. The van der Waals surface area contributed by atoms with Gasteiger partial charge in [0.15, 0.2) is 0 Å². The molecule has 342 valence electrons. The van der Waals surface area contributed by atoms with E-state index in [0.29, 0.717) is 0 Å². The Morgan fingerprint density at radius 1 is 0.211 bits per heavy atom. The van der Waals surface area contributed by atoms with Crippen LogP contribution in [-0.2, 0) is 0 Å². The van der Waals surface area contributed by atoms with Gasteiger partial charge in [0.05, 0.1) is 0 Å². The van der Waals surface area contributed by atoms with Gasteiger partial charge < -0.3 is 0 Å². The molecular weight excluding hydrogens is 1770 g/mol. The number of hydrogen-bond donors (Lipinski definition) is 0. The Labute approximate surface area is 448 Å². The van der Waals surface area contributed by atoms with Crippen LogP contribution in [0.2, 0.25) is 0 Å². The first kappa shape index (κ1) is 81.5. The van der Waals surface area contributed by atoms with E-state index in [0.717, 1.165) is 7.96 Å². The van der Waals surface area contributed by atoms with Crippen LogP contribution < -0.4 is 0 Å². The van der Waals surface area contributed by atoms with Gasteiger partial charge in [-0.3, -0.25) is 0 Å². The van der Waals surface area contributed by atoms with Crippen molar-refractivity contribution in [1.29, 1.82) is 0 Å². The van der Waals surface area contributed by atoms with Crippen molar-refractivity contribution in [3.63, 3.8) is 0 Å². The van der Waals surface area contributed by atoms with Crippen molar-refractivity contribution in [2.24, 2.45) is 0 Å². The molecule has 57 heteroatoms. The summed E-state index contributed by atoms with van der Waals surface area (Å²) in [6, 6.07) is 0. The van der Waals surface area contributed by atoms with Gasteiger partial charge >= 0.3 is 0 Å². The zero-order valence-electron chi connectivity index (χ0n) is 29.2. The lowest BCUT2D eigenvalue weighted by molar-refractivity contribution is 4.34. The highest BCUT2D eigenvalue weighted by Crippen LogP contribution is 3.47. The molecule has 0 amide bonds. The molecule has 0 bridgehead atoms. The van der Waals surface area contributed by atoms with Crippen molar-refractivity contribution >= 4 is 456 Å². The summed E-state index contributed by atoms with van der Waals surface area (Å²) < 4.78 is 0. The molecule has 0 aliphatic rings. The fourth-order valence-corrected chi connectivity index (χ4v) is 814. The van der Waals surface area contributed by atoms with Gasteiger partial charge in [0.2, 0.25) is 0 Å². The van der Waals surface area contributed by atoms with Crippen molar-refractivity contribution in [1.82, 2.24) is 0 Å². The molecule has 0 aliphatic carbocycles. The molecule has 0 heterocycles. The van der Waals surface area contributed by atoms with Crippen LogP contribution in [0.1, 0.15) is 0 Å². The normalized spacial score (nSPS) is 16.2. The average Bonchev–Trinajstić information content (AvgIpc) is 2.99. The Bertz CT molecular complexity index is 863. The predicted octanol–water partition coefficient (Wildman–Crippen LogP) is 33.8. The van der Waals surface area contributed by atoms with E-state index in [2.05, 4.69) is 259 Å². The van der Waals surface area contributed by atoms with Gasteiger partial charge in [-0.1, -0.05) is 25.8 Å². The van der Waals surface area contributed by atoms with Crippen molar-refractivity contribution in [2.45, 2.75) is 0 Å². The molecule has 0 aromatic carbocycles. The maximum atomic E-state index is 4.53. The largest absolute Gasteiger partial charge is 0.102 e. The third-order valence-electron chi connectivity index (χ3n) is 4.92. The zero-order chi connectivity index (χ0) is 45.3. The van der Waals surface area contributed by atoms with E-state index in [9.17, 15) is 0 Å². The lowest BCUT2D eigenvalue weighted by Crippen LogP contribution is -1.72. The molecule has 57 heavy (non-hydrogen) atoms. The summed E-state index contributed by atoms with van der Waals surface area (Å²) in [6.45, 7) is -6.06. The fourth-order valence-electron chi connectivity index (χ4n) is 3.35. The van der Waals surface area contributed by atoms with Crippen LogP contribution in [-0.4, -0.2) is 0 Å². The Kier molecular flexibility index (Phi) is 64.2. The molecule has 0 spiro atoms. The molecule has 2 radical (unpaired) electrons. The second-order valence-corrected chi connectivity index (χ2v) is 240. The second kappa shape index (κ2) is 44.9. The second-order valence-electron chi connectivity index (χ2n) is 8.91. The third kappa shape index (κ3) is 29.1. The van der Waals surface area contributed by atoms with Gasteiger partial charge in [-0.15, -0.1) is 241 Å². The highest BCUT2D eigenvalue weighted by molar-refractivity contribution is 9.53. The monoisotopic (exact) mass is 1820 g/mol. The molecular formula is H57P57. The van der Waals surface area contributed by atoms with Gasteiger partial charge in [0, 0.05) is 0 Å². The molecule has 0 nitrogen and oxygen atoms in total. The van der Waals surface area contributed by atoms with E-state index in [1.807, 2.05) is 0 Å². The standard InChI is InChI=1S/H57P57/c1-30-45(31(2)3)52(44(28)29)56(53(46(32(4)5)33(6)7)47(34(8)9)35(10)11)57(54(48(36(12)13)37(14)15)49(38(16)17)39(18)19)55(50(40(20)21)41(22)23)51(42(24)25)43(26)27/h1-2,30H,3-29H2. The summed E-state index contributed by atoms with van der Waals surface area (Å²) in [5.74, 6) is 0. The van der Waals surface area contributed by atoms with Crippen LogP contribution in [0.4, 0.5) is 0 Å². The van der Waals surface area contributed by atoms with Gasteiger partial charge in [0.1, 0.15) is 0 Å². The van der Waals surface area contributed by atoms with Crippen molar-refractivity contribution in [3.05, 3.63) is 0 Å². The molecule has 32 unspecified atom stereocenters. The quantitative estimate of drug-likeness (QED) is 0.0719. The Morgan fingerprint density at radius 3 is 0.439 bits per heavy atom. The number of hydrogen-bond acceptors (Lipinski definition) is 0. The van der Waals surface area contributed by atoms with Gasteiger partial charge in [-0.05, 0) is 189 Å². The molecule has 0 rings (SSSR count). The minimum Gasteiger partial charge on any atom is -0.102 e. The van der Waals surface area contributed by atoms with Crippen molar-refractivity contribution in [2.75, 3.05) is 0 Å². The van der Waals surface area contributed by atoms with E-state index in [-0.39, 0.29) is 189 Å². The summed E-state index contributed by atoms with van der Waals surface area (Å²) in [5.41, 5.74) is 0. The minimum atomic E-state index is -0.315. The van der Waals surface area contributed by atoms with Crippen LogP contribution >= 0.6 is 456 Å². The van der Waals surface area contributed by atoms with Crippen LogP contribution in [0.3, 0.4) is 0 Å². The zero-order valence-corrected chi connectivity index (χ0v) is 87.5. The highest BCUT2D eigenvalue weighted by atomic mass is 33.6. The third-order valence-corrected chi connectivity index (χ3v) is 398. The summed E-state index contributed by atoms with van der Waals surface area (Å²) >= 11 is 0. The van der Waals surface area contributed by atoms with E-state index in [1.165, 1.54) is 0 Å². The molecule has 0 aliphatic heterocycles. The van der Waals surface area contributed by atoms with Crippen LogP contribution in [0.15, 0.2) is 0 Å². The van der Waals surface area contributed by atoms with Crippen LogP contribution in [0.5, 0.6) is 0 Å². The van der Waals surface area contributed by atoms with Gasteiger partial charge in [-0.2, -0.15) is 0 Å². The number of rotatable bonds is 27. The maximum Gasteiger partial charge on any atom is -0.0000124 e. The molecule has 32 atom stereocenters. The van der Waals surface area contributed by atoms with Crippen molar-refractivity contribution < 1.29 is 0 Å². The molecule has 0 fully saturated rings.